The Morgan fingerprint density at radius 1 is 0.373 bits per heavy atom. The Labute approximate surface area is 297 Å². The molecule has 0 radical (unpaired) electrons. The molecule has 10 rings (SSSR count). The standard InChI is InChI=1S/C46H26N4S/c1-47-31-21-23-43-40(25-31)39-24-30(20-22-42(39)51-43)36-26-37-34-18-10-11-19-35(34)41(27-38(37)33-17-9-8-16-32(33)36)46-49-44(28-12-4-2-5-13-28)48-45(50-46)29-14-6-3-7-15-29/h2-27H. The lowest BCUT2D eigenvalue weighted by Crippen LogP contribution is -2.00. The smallest absolute Gasteiger partial charge is 0.187 e. The Balaban J connectivity index is 1.25. The lowest BCUT2D eigenvalue weighted by atomic mass is 9.89. The van der Waals surface area contributed by atoms with Crippen LogP contribution in [-0.2, 0) is 0 Å². The maximum atomic E-state index is 7.58. The van der Waals surface area contributed by atoms with Crippen molar-refractivity contribution in [2.75, 3.05) is 0 Å². The molecule has 0 aliphatic heterocycles. The average Bonchev–Trinajstić information content (AvgIpc) is 3.58. The zero-order chi connectivity index (χ0) is 33.9. The monoisotopic (exact) mass is 666 g/mol. The minimum absolute atomic E-state index is 0.641. The molecule has 8 aromatic carbocycles. The van der Waals surface area contributed by atoms with E-state index in [1.54, 1.807) is 11.3 Å². The van der Waals surface area contributed by atoms with Crippen molar-refractivity contribution < 1.29 is 0 Å². The average molecular weight is 667 g/mol. The minimum Gasteiger partial charge on any atom is -0.238 e. The summed E-state index contributed by atoms with van der Waals surface area (Å²) in [6.45, 7) is 7.58. The van der Waals surface area contributed by atoms with E-state index in [1.165, 1.54) is 36.5 Å². The molecular weight excluding hydrogens is 641 g/mol. The van der Waals surface area contributed by atoms with Gasteiger partial charge in [-0.15, -0.1) is 11.3 Å². The van der Waals surface area contributed by atoms with Gasteiger partial charge in [0.2, 0.25) is 0 Å². The molecule has 0 fully saturated rings. The zero-order valence-corrected chi connectivity index (χ0v) is 28.0. The summed E-state index contributed by atoms with van der Waals surface area (Å²) in [4.78, 5) is 18.9. The first-order chi connectivity index (χ1) is 25.2. The highest BCUT2D eigenvalue weighted by atomic mass is 32.1. The first-order valence-electron chi connectivity index (χ1n) is 16.8. The van der Waals surface area contributed by atoms with E-state index >= 15 is 0 Å². The topological polar surface area (TPSA) is 43.0 Å². The van der Waals surface area contributed by atoms with Crippen LogP contribution in [0.2, 0.25) is 0 Å². The van der Waals surface area contributed by atoms with E-state index in [-0.39, 0.29) is 0 Å². The van der Waals surface area contributed by atoms with Gasteiger partial charge in [0, 0.05) is 26.1 Å². The summed E-state index contributed by atoms with van der Waals surface area (Å²) in [6.07, 6.45) is 0. The van der Waals surface area contributed by atoms with Crippen molar-refractivity contribution in [3.8, 4) is 45.3 Å². The van der Waals surface area contributed by atoms with Gasteiger partial charge in [0.15, 0.2) is 23.2 Å². The highest BCUT2D eigenvalue weighted by Gasteiger charge is 2.19. The van der Waals surface area contributed by atoms with Gasteiger partial charge < -0.3 is 0 Å². The largest absolute Gasteiger partial charge is 0.238 e. The number of aromatic nitrogens is 3. The Hall–Kier alpha value is -6.74. The molecule has 0 spiro atoms. The number of thiophene rings is 1. The van der Waals surface area contributed by atoms with Crippen molar-refractivity contribution in [1.29, 1.82) is 0 Å². The van der Waals surface area contributed by atoms with Crippen LogP contribution in [0.4, 0.5) is 5.69 Å². The Morgan fingerprint density at radius 2 is 0.863 bits per heavy atom. The third kappa shape index (κ3) is 4.85. The molecule has 5 heteroatoms. The first-order valence-corrected chi connectivity index (χ1v) is 17.6. The second kappa shape index (κ2) is 11.7. The van der Waals surface area contributed by atoms with Gasteiger partial charge in [0.1, 0.15) is 0 Å². The van der Waals surface area contributed by atoms with Crippen molar-refractivity contribution >= 4 is 69.5 Å². The maximum absolute atomic E-state index is 7.58. The van der Waals surface area contributed by atoms with Crippen LogP contribution in [-0.4, -0.2) is 15.0 Å². The summed E-state index contributed by atoms with van der Waals surface area (Å²) in [5.41, 5.74) is 5.85. The predicted molar refractivity (Wildman–Crippen MR) is 213 cm³/mol. The predicted octanol–water partition coefficient (Wildman–Crippen LogP) is 12.9. The Bertz CT molecular complexity index is 2980. The van der Waals surface area contributed by atoms with Crippen LogP contribution in [0.3, 0.4) is 0 Å². The summed E-state index contributed by atoms with van der Waals surface area (Å²) in [5.74, 6) is 1.93. The molecule has 10 aromatic rings. The summed E-state index contributed by atoms with van der Waals surface area (Å²) < 4.78 is 2.42. The van der Waals surface area contributed by atoms with Crippen LogP contribution in [0.25, 0.3) is 103 Å². The van der Waals surface area contributed by atoms with Gasteiger partial charge in [-0.25, -0.2) is 19.8 Å². The molecule has 0 saturated heterocycles. The van der Waals surface area contributed by atoms with Crippen molar-refractivity contribution in [3.63, 3.8) is 0 Å². The van der Waals surface area contributed by atoms with Gasteiger partial charge in [-0.3, -0.25) is 0 Å². The van der Waals surface area contributed by atoms with Crippen LogP contribution >= 0.6 is 11.3 Å². The number of hydrogen-bond donors (Lipinski definition) is 0. The minimum atomic E-state index is 0.641. The molecule has 2 aromatic heterocycles. The Morgan fingerprint density at radius 3 is 1.47 bits per heavy atom. The molecule has 0 atom stereocenters. The number of nitrogens with zero attached hydrogens (tertiary/aromatic N) is 4. The van der Waals surface area contributed by atoms with Crippen LogP contribution in [0, 0.1) is 6.57 Å². The number of rotatable bonds is 4. The van der Waals surface area contributed by atoms with E-state index in [0.717, 1.165) is 43.8 Å². The molecule has 0 aliphatic rings. The molecule has 0 aliphatic carbocycles. The lowest BCUT2D eigenvalue weighted by Gasteiger charge is -2.16. The van der Waals surface area contributed by atoms with Crippen molar-refractivity contribution in [3.05, 3.63) is 169 Å². The van der Waals surface area contributed by atoms with E-state index in [1.807, 2.05) is 72.8 Å². The van der Waals surface area contributed by atoms with E-state index in [9.17, 15) is 0 Å². The van der Waals surface area contributed by atoms with E-state index in [0.29, 0.717) is 23.2 Å². The summed E-state index contributed by atoms with van der Waals surface area (Å²) >= 11 is 1.77. The van der Waals surface area contributed by atoms with E-state index in [4.69, 9.17) is 21.5 Å². The van der Waals surface area contributed by atoms with Gasteiger partial charge in [-0.05, 0) is 84.5 Å². The Kier molecular flexibility index (Phi) is 6.70. The zero-order valence-electron chi connectivity index (χ0n) is 27.2. The van der Waals surface area contributed by atoms with Gasteiger partial charge in [0.05, 0.1) is 6.57 Å². The fourth-order valence-corrected chi connectivity index (χ4v) is 8.37. The fourth-order valence-electron chi connectivity index (χ4n) is 7.31. The molecule has 0 saturated carbocycles. The second-order valence-electron chi connectivity index (χ2n) is 12.7. The second-order valence-corrected chi connectivity index (χ2v) is 13.8. The number of hydrogen-bond acceptors (Lipinski definition) is 4. The summed E-state index contributed by atoms with van der Waals surface area (Å²) in [5, 5.41) is 9.21. The molecular formula is C46H26N4S. The molecule has 51 heavy (non-hydrogen) atoms. The van der Waals surface area contributed by atoms with Crippen molar-refractivity contribution in [2.45, 2.75) is 0 Å². The van der Waals surface area contributed by atoms with E-state index in [2.05, 4.69) is 89.8 Å². The third-order valence-electron chi connectivity index (χ3n) is 9.72. The van der Waals surface area contributed by atoms with Crippen LogP contribution in [0.1, 0.15) is 0 Å². The normalized spacial score (nSPS) is 11.5. The number of fused-ring (bicyclic) bond motifs is 8. The molecule has 0 amide bonds. The maximum Gasteiger partial charge on any atom is 0.187 e. The molecule has 236 valence electrons. The molecule has 2 heterocycles. The summed E-state index contributed by atoms with van der Waals surface area (Å²) in [7, 11) is 0. The van der Waals surface area contributed by atoms with Gasteiger partial charge in [-0.2, -0.15) is 0 Å². The molecule has 0 N–H and O–H groups in total. The van der Waals surface area contributed by atoms with Crippen LogP contribution < -0.4 is 0 Å². The lowest BCUT2D eigenvalue weighted by molar-refractivity contribution is 1.08. The summed E-state index contributed by atoms with van der Waals surface area (Å²) in [6, 6.07) is 54.9. The molecule has 4 nitrogen and oxygen atoms in total. The molecule has 0 bridgehead atoms. The quantitative estimate of drug-likeness (QED) is 0.139. The highest BCUT2D eigenvalue weighted by Crippen LogP contribution is 2.44. The van der Waals surface area contributed by atoms with Crippen molar-refractivity contribution in [2.24, 2.45) is 0 Å². The fraction of sp³-hybridized carbons (Fsp3) is 0. The number of benzene rings is 8. The SMILES string of the molecule is [C-]#[N+]c1ccc2sc3ccc(-c4cc5c6ccccc6c(-c6nc(-c7ccccc7)nc(-c7ccccc7)n6)cc5c5ccccc45)cc3c2c1. The van der Waals surface area contributed by atoms with Gasteiger partial charge in [0.25, 0.3) is 0 Å². The van der Waals surface area contributed by atoms with Gasteiger partial charge in [-0.1, -0.05) is 127 Å². The van der Waals surface area contributed by atoms with E-state index < -0.39 is 0 Å². The molecule has 0 unspecified atom stereocenters. The van der Waals surface area contributed by atoms with Gasteiger partial charge >= 0.3 is 0 Å². The third-order valence-corrected chi connectivity index (χ3v) is 10.9. The van der Waals surface area contributed by atoms with Crippen molar-refractivity contribution in [1.82, 2.24) is 15.0 Å². The highest BCUT2D eigenvalue weighted by molar-refractivity contribution is 7.25. The van der Waals surface area contributed by atoms with Crippen LogP contribution in [0.5, 0.6) is 0 Å². The van der Waals surface area contributed by atoms with Crippen LogP contribution in [0.15, 0.2) is 158 Å². The first kappa shape index (κ1) is 29.2.